The van der Waals surface area contributed by atoms with Crippen molar-refractivity contribution in [1.82, 2.24) is 4.98 Å². The summed E-state index contributed by atoms with van der Waals surface area (Å²) < 4.78 is 0. The number of aldehydes is 1. The normalized spacial score (nSPS) is 15.0. The molecule has 0 bridgehead atoms. The van der Waals surface area contributed by atoms with Gasteiger partial charge in [0, 0.05) is 18.3 Å². The van der Waals surface area contributed by atoms with Crippen molar-refractivity contribution in [3.63, 3.8) is 0 Å². The summed E-state index contributed by atoms with van der Waals surface area (Å²) in [6.45, 7) is 0. The van der Waals surface area contributed by atoms with Crippen molar-refractivity contribution in [3.8, 4) is 0 Å². The van der Waals surface area contributed by atoms with Crippen LogP contribution in [0.1, 0.15) is 12.1 Å². The van der Waals surface area contributed by atoms with Crippen LogP contribution in [0, 0.1) is 0 Å². The van der Waals surface area contributed by atoms with E-state index in [1.807, 2.05) is 36.4 Å². The third-order valence-corrected chi connectivity index (χ3v) is 2.46. The molecule has 16 heavy (non-hydrogen) atoms. The minimum absolute atomic E-state index is 0.714. The zero-order valence-electron chi connectivity index (χ0n) is 8.97. The summed E-state index contributed by atoms with van der Waals surface area (Å²) in [5.41, 5.74) is 3.03. The first-order valence-corrected chi connectivity index (χ1v) is 5.30. The zero-order chi connectivity index (χ0) is 11.2. The first-order valence-electron chi connectivity index (χ1n) is 5.30. The fourth-order valence-electron chi connectivity index (χ4n) is 1.60. The fraction of sp³-hybridized carbons (Fsp3) is 0.143. The van der Waals surface area contributed by atoms with Gasteiger partial charge in [-0.1, -0.05) is 30.4 Å². The second kappa shape index (κ2) is 5.21. The summed E-state index contributed by atoms with van der Waals surface area (Å²) in [7, 11) is 0. The van der Waals surface area contributed by atoms with E-state index in [1.165, 1.54) is 5.57 Å². The van der Waals surface area contributed by atoms with E-state index in [4.69, 9.17) is 0 Å². The van der Waals surface area contributed by atoms with Crippen LogP contribution in [0.25, 0.3) is 0 Å². The molecule has 0 unspecified atom stereocenters. The molecule has 1 aliphatic carbocycles. The van der Waals surface area contributed by atoms with Crippen LogP contribution in [-0.4, -0.2) is 11.3 Å². The van der Waals surface area contributed by atoms with Gasteiger partial charge in [0.05, 0.1) is 0 Å². The number of hydrogen-bond donors (Lipinski definition) is 0. The molecule has 0 atom stereocenters. The number of allylic oxidation sites excluding steroid dienone is 6. The van der Waals surface area contributed by atoms with Crippen molar-refractivity contribution in [2.45, 2.75) is 12.8 Å². The van der Waals surface area contributed by atoms with Crippen LogP contribution in [-0.2, 0) is 11.2 Å². The number of pyridine rings is 1. The first-order chi connectivity index (χ1) is 7.88. The molecule has 0 aromatic carbocycles. The number of carbonyl (C=O) groups is 1. The highest BCUT2D eigenvalue weighted by molar-refractivity contribution is 5.74. The lowest BCUT2D eigenvalue weighted by Crippen LogP contribution is -1.90. The predicted molar refractivity (Wildman–Crippen MR) is 63.9 cm³/mol. The van der Waals surface area contributed by atoms with Gasteiger partial charge in [-0.05, 0) is 29.7 Å². The number of rotatable bonds is 3. The maximum absolute atomic E-state index is 10.6. The van der Waals surface area contributed by atoms with E-state index in [1.54, 1.807) is 6.20 Å². The lowest BCUT2D eigenvalue weighted by atomic mass is 10.1. The largest absolute Gasteiger partial charge is 0.298 e. The van der Waals surface area contributed by atoms with Crippen molar-refractivity contribution in [2.75, 3.05) is 0 Å². The van der Waals surface area contributed by atoms with Crippen LogP contribution >= 0.6 is 0 Å². The second-order valence-electron chi connectivity index (χ2n) is 3.71. The van der Waals surface area contributed by atoms with Crippen molar-refractivity contribution < 1.29 is 4.79 Å². The van der Waals surface area contributed by atoms with Crippen LogP contribution in [0.5, 0.6) is 0 Å². The van der Waals surface area contributed by atoms with Gasteiger partial charge < -0.3 is 0 Å². The molecule has 0 saturated carbocycles. The lowest BCUT2D eigenvalue weighted by molar-refractivity contribution is -0.104. The Bertz CT molecular complexity index is 455. The van der Waals surface area contributed by atoms with E-state index in [-0.39, 0.29) is 0 Å². The van der Waals surface area contributed by atoms with E-state index in [2.05, 4.69) is 11.1 Å². The molecule has 80 valence electrons. The fourth-order valence-corrected chi connectivity index (χ4v) is 1.60. The number of nitrogens with zero attached hydrogens (tertiary/aromatic N) is 1. The maximum Gasteiger partial charge on any atom is 0.146 e. The van der Waals surface area contributed by atoms with Gasteiger partial charge in [-0.15, -0.1) is 0 Å². The molecule has 2 heteroatoms. The summed E-state index contributed by atoms with van der Waals surface area (Å²) in [5.74, 6) is 0. The topological polar surface area (TPSA) is 30.0 Å². The lowest BCUT2D eigenvalue weighted by Gasteiger charge is -1.99. The summed E-state index contributed by atoms with van der Waals surface area (Å²) in [6.07, 6.45) is 12.2. The van der Waals surface area contributed by atoms with E-state index in [9.17, 15) is 4.79 Å². The highest BCUT2D eigenvalue weighted by Gasteiger charge is 2.00. The van der Waals surface area contributed by atoms with Gasteiger partial charge in [0.1, 0.15) is 6.29 Å². The van der Waals surface area contributed by atoms with Gasteiger partial charge in [0.2, 0.25) is 0 Å². The average Bonchev–Trinajstić information content (AvgIpc) is 2.56. The Morgan fingerprint density at radius 3 is 3.00 bits per heavy atom. The minimum atomic E-state index is 0.714. The molecule has 1 aliphatic rings. The molecule has 0 N–H and O–H groups in total. The average molecular weight is 211 g/mol. The Morgan fingerprint density at radius 2 is 2.25 bits per heavy atom. The number of aromatic nitrogens is 1. The van der Waals surface area contributed by atoms with Crippen LogP contribution < -0.4 is 0 Å². The predicted octanol–water partition coefficient (Wildman–Crippen LogP) is 2.64. The zero-order valence-corrected chi connectivity index (χ0v) is 8.97. The Kier molecular flexibility index (Phi) is 3.44. The summed E-state index contributed by atoms with van der Waals surface area (Å²) in [5, 5.41) is 0. The molecule has 0 spiro atoms. The number of carbonyl (C=O) groups excluding carboxylic acids is 1. The van der Waals surface area contributed by atoms with E-state index < -0.39 is 0 Å². The summed E-state index contributed by atoms with van der Waals surface area (Å²) >= 11 is 0. The Hall–Kier alpha value is -1.96. The second-order valence-corrected chi connectivity index (χ2v) is 3.71. The molecule has 2 nitrogen and oxygen atoms in total. The highest BCUT2D eigenvalue weighted by atomic mass is 16.1. The molecular formula is C14H13NO. The van der Waals surface area contributed by atoms with Crippen LogP contribution in [0.4, 0.5) is 0 Å². The number of hydrogen-bond acceptors (Lipinski definition) is 2. The first kappa shape index (κ1) is 10.6. The van der Waals surface area contributed by atoms with E-state index >= 15 is 0 Å². The van der Waals surface area contributed by atoms with Gasteiger partial charge in [-0.2, -0.15) is 0 Å². The molecule has 2 rings (SSSR count). The summed E-state index contributed by atoms with van der Waals surface area (Å²) in [4.78, 5) is 14.9. The van der Waals surface area contributed by atoms with Crippen molar-refractivity contribution in [3.05, 3.63) is 65.5 Å². The minimum Gasteiger partial charge on any atom is -0.298 e. The van der Waals surface area contributed by atoms with Gasteiger partial charge >= 0.3 is 0 Å². The van der Waals surface area contributed by atoms with Gasteiger partial charge in [0.15, 0.2) is 0 Å². The van der Waals surface area contributed by atoms with E-state index in [0.29, 0.717) is 6.42 Å². The molecule has 0 amide bonds. The Labute approximate surface area is 95.0 Å². The van der Waals surface area contributed by atoms with Gasteiger partial charge in [0.25, 0.3) is 0 Å². The molecule has 1 aromatic heterocycles. The van der Waals surface area contributed by atoms with Crippen LogP contribution in [0.2, 0.25) is 0 Å². The summed E-state index contributed by atoms with van der Waals surface area (Å²) in [6, 6.07) is 5.89. The van der Waals surface area contributed by atoms with Gasteiger partial charge in [-0.25, -0.2) is 0 Å². The molecular weight excluding hydrogens is 198 g/mol. The highest BCUT2D eigenvalue weighted by Crippen LogP contribution is 2.13. The maximum atomic E-state index is 10.6. The molecule has 0 radical (unpaired) electrons. The molecule has 1 heterocycles. The molecule has 0 fully saturated rings. The molecule has 0 aliphatic heterocycles. The van der Waals surface area contributed by atoms with Crippen molar-refractivity contribution in [1.29, 1.82) is 0 Å². The third-order valence-electron chi connectivity index (χ3n) is 2.46. The molecule has 0 saturated heterocycles. The quantitative estimate of drug-likeness (QED) is 0.719. The monoisotopic (exact) mass is 211 g/mol. The van der Waals surface area contributed by atoms with Crippen LogP contribution in [0.15, 0.2) is 59.8 Å². The third kappa shape index (κ3) is 2.76. The molecule has 1 aromatic rings. The van der Waals surface area contributed by atoms with Crippen molar-refractivity contribution in [2.24, 2.45) is 0 Å². The standard InChI is InChI=1S/C14H13NO/c16-11-13-5-3-4-12(7-8-13)10-14-6-1-2-9-15-14/h1-4,6-9,11H,5,10H2. The van der Waals surface area contributed by atoms with Gasteiger partial charge in [-0.3, -0.25) is 9.78 Å². The van der Waals surface area contributed by atoms with Crippen LogP contribution in [0.3, 0.4) is 0 Å². The van der Waals surface area contributed by atoms with E-state index in [0.717, 1.165) is 24.0 Å². The Balaban J connectivity index is 2.14. The smallest absolute Gasteiger partial charge is 0.146 e. The SMILES string of the molecule is O=CC1=CC=C(Cc2ccccn2)C=CC1. The Morgan fingerprint density at radius 1 is 1.31 bits per heavy atom. The van der Waals surface area contributed by atoms with Crippen molar-refractivity contribution >= 4 is 6.29 Å².